The van der Waals surface area contributed by atoms with Crippen molar-refractivity contribution in [1.29, 1.82) is 0 Å². The van der Waals surface area contributed by atoms with Crippen molar-refractivity contribution in [2.75, 3.05) is 5.73 Å². The minimum absolute atomic E-state index is 0.389. The van der Waals surface area contributed by atoms with Crippen LogP contribution in [0.15, 0.2) is 35.0 Å². The highest BCUT2D eigenvalue weighted by Gasteiger charge is 2.27. The second kappa shape index (κ2) is 4.21. The zero-order valence-electron chi connectivity index (χ0n) is 10.6. The minimum atomic E-state index is 0.389. The van der Waals surface area contributed by atoms with Crippen LogP contribution in [0.1, 0.15) is 24.5 Å². The number of hydrogen-bond donors (Lipinski definition) is 1. The highest BCUT2D eigenvalue weighted by atomic mass is 35.5. The van der Waals surface area contributed by atoms with Gasteiger partial charge < -0.3 is 10.2 Å². The fraction of sp³-hybridized carbons (Fsp3) is 0.200. The molecular formula is C15H12ClN3O. The molecule has 0 radical (unpaired) electrons. The molecule has 0 amide bonds. The highest BCUT2D eigenvalue weighted by Crippen LogP contribution is 2.43. The Kier molecular flexibility index (Phi) is 2.47. The van der Waals surface area contributed by atoms with E-state index in [9.17, 15) is 0 Å². The molecule has 4 rings (SSSR count). The lowest BCUT2D eigenvalue weighted by molar-refractivity contribution is 0.552. The van der Waals surface area contributed by atoms with Gasteiger partial charge in [-0.1, -0.05) is 11.6 Å². The molecule has 1 saturated carbocycles. The van der Waals surface area contributed by atoms with Gasteiger partial charge in [0.1, 0.15) is 17.2 Å². The summed E-state index contributed by atoms with van der Waals surface area (Å²) in [5.41, 5.74) is 7.89. The molecule has 0 saturated heterocycles. The van der Waals surface area contributed by atoms with Crippen molar-refractivity contribution in [3.05, 3.63) is 41.4 Å². The first-order chi connectivity index (χ1) is 9.70. The zero-order chi connectivity index (χ0) is 13.7. The van der Waals surface area contributed by atoms with Gasteiger partial charge in [-0.25, -0.2) is 4.98 Å². The van der Waals surface area contributed by atoms with Crippen molar-refractivity contribution in [3.8, 4) is 11.3 Å². The number of benzene rings is 1. The minimum Gasteiger partial charge on any atom is -0.461 e. The van der Waals surface area contributed by atoms with Gasteiger partial charge in [-0.05, 0) is 31.0 Å². The van der Waals surface area contributed by atoms with Crippen molar-refractivity contribution in [2.45, 2.75) is 18.8 Å². The third kappa shape index (κ3) is 1.93. The molecule has 5 heteroatoms. The van der Waals surface area contributed by atoms with Gasteiger partial charge in [0.25, 0.3) is 0 Å². The molecule has 0 aliphatic heterocycles. The molecule has 2 heterocycles. The van der Waals surface area contributed by atoms with Crippen molar-refractivity contribution < 1.29 is 4.42 Å². The van der Waals surface area contributed by atoms with Crippen molar-refractivity contribution in [3.63, 3.8) is 0 Å². The Morgan fingerprint density at radius 1 is 1.15 bits per heavy atom. The second-order valence-corrected chi connectivity index (χ2v) is 5.53. The topological polar surface area (TPSA) is 64.9 Å². The Bertz CT molecular complexity index is 791. The Labute approximate surface area is 120 Å². The van der Waals surface area contributed by atoms with E-state index in [-0.39, 0.29) is 0 Å². The number of rotatable bonds is 2. The van der Waals surface area contributed by atoms with Gasteiger partial charge in [0, 0.05) is 16.9 Å². The number of nitrogens with zero attached hydrogens (tertiary/aromatic N) is 2. The third-order valence-corrected chi connectivity index (χ3v) is 3.87. The lowest BCUT2D eigenvalue weighted by Crippen LogP contribution is -1.92. The Hall–Kier alpha value is -2.07. The number of halogens is 1. The average molecular weight is 286 g/mol. The van der Waals surface area contributed by atoms with Crippen LogP contribution in [-0.4, -0.2) is 9.97 Å². The molecule has 2 N–H and O–H groups in total. The van der Waals surface area contributed by atoms with E-state index in [2.05, 4.69) is 16.0 Å². The average Bonchev–Trinajstić information content (AvgIpc) is 3.20. The van der Waals surface area contributed by atoms with Crippen molar-refractivity contribution in [1.82, 2.24) is 9.97 Å². The number of furan rings is 1. The van der Waals surface area contributed by atoms with Crippen LogP contribution in [-0.2, 0) is 0 Å². The Balaban J connectivity index is 1.86. The summed E-state index contributed by atoms with van der Waals surface area (Å²) >= 11 is 6.34. The predicted octanol–water partition coefficient (Wildman–Crippen LogP) is 4.00. The first kappa shape index (κ1) is 11.7. The standard InChI is InChI=1S/C15H12ClN3O/c16-11-3-9-4-13(8-1-2-8)20-14(9)5-10(11)12-6-19-15(17)7-18-12/h3-8H,1-2H2,(H2,17,19). The van der Waals surface area contributed by atoms with E-state index >= 15 is 0 Å². The maximum Gasteiger partial charge on any atom is 0.141 e. The van der Waals surface area contributed by atoms with Crippen LogP contribution in [0.3, 0.4) is 0 Å². The molecule has 100 valence electrons. The molecule has 4 nitrogen and oxygen atoms in total. The normalized spacial score (nSPS) is 14.8. The van der Waals surface area contributed by atoms with Gasteiger partial charge in [-0.3, -0.25) is 4.98 Å². The summed E-state index contributed by atoms with van der Waals surface area (Å²) in [5, 5.41) is 1.67. The molecule has 0 spiro atoms. The van der Waals surface area contributed by atoms with E-state index < -0.39 is 0 Å². The summed E-state index contributed by atoms with van der Waals surface area (Å²) in [5.74, 6) is 2.03. The van der Waals surface area contributed by atoms with Gasteiger partial charge in [0.05, 0.1) is 23.1 Å². The van der Waals surface area contributed by atoms with Crippen LogP contribution in [0.4, 0.5) is 5.82 Å². The molecule has 0 unspecified atom stereocenters. The predicted molar refractivity (Wildman–Crippen MR) is 78.6 cm³/mol. The molecule has 0 bridgehead atoms. The van der Waals surface area contributed by atoms with E-state index in [1.807, 2.05) is 12.1 Å². The first-order valence-electron chi connectivity index (χ1n) is 6.51. The molecule has 1 aliphatic carbocycles. The lowest BCUT2D eigenvalue weighted by atomic mass is 10.1. The van der Waals surface area contributed by atoms with Crippen molar-refractivity contribution >= 4 is 28.4 Å². The van der Waals surface area contributed by atoms with Gasteiger partial charge >= 0.3 is 0 Å². The van der Waals surface area contributed by atoms with Crippen LogP contribution in [0.2, 0.25) is 5.02 Å². The van der Waals surface area contributed by atoms with Gasteiger partial charge in [-0.2, -0.15) is 0 Å². The number of hydrogen-bond acceptors (Lipinski definition) is 4. The third-order valence-electron chi connectivity index (χ3n) is 3.55. The number of fused-ring (bicyclic) bond motifs is 1. The highest BCUT2D eigenvalue weighted by molar-refractivity contribution is 6.34. The SMILES string of the molecule is Nc1cnc(-c2cc3oc(C4CC4)cc3cc2Cl)cn1. The summed E-state index contributed by atoms with van der Waals surface area (Å²) < 4.78 is 5.90. The van der Waals surface area contributed by atoms with Crippen LogP contribution >= 0.6 is 11.6 Å². The van der Waals surface area contributed by atoms with Crippen LogP contribution in [0.25, 0.3) is 22.2 Å². The Morgan fingerprint density at radius 2 is 2.00 bits per heavy atom. The summed E-state index contributed by atoms with van der Waals surface area (Å²) in [4.78, 5) is 8.30. The molecule has 2 aromatic heterocycles. The number of anilines is 1. The molecule has 1 aromatic carbocycles. The second-order valence-electron chi connectivity index (χ2n) is 5.12. The smallest absolute Gasteiger partial charge is 0.141 e. The van der Waals surface area contributed by atoms with E-state index in [1.54, 1.807) is 6.20 Å². The van der Waals surface area contributed by atoms with E-state index in [4.69, 9.17) is 21.8 Å². The largest absolute Gasteiger partial charge is 0.461 e. The first-order valence-corrected chi connectivity index (χ1v) is 6.89. The summed E-state index contributed by atoms with van der Waals surface area (Å²) in [6.07, 6.45) is 5.56. The molecule has 1 aliphatic rings. The zero-order valence-corrected chi connectivity index (χ0v) is 11.4. The molecular weight excluding hydrogens is 274 g/mol. The number of aromatic nitrogens is 2. The quantitative estimate of drug-likeness (QED) is 0.773. The van der Waals surface area contributed by atoms with Gasteiger partial charge in [0.2, 0.25) is 0 Å². The fourth-order valence-electron chi connectivity index (χ4n) is 2.32. The molecule has 0 atom stereocenters. The molecule has 3 aromatic rings. The summed E-state index contributed by atoms with van der Waals surface area (Å²) in [7, 11) is 0. The lowest BCUT2D eigenvalue weighted by Gasteiger charge is -2.03. The maximum absolute atomic E-state index is 6.34. The van der Waals surface area contributed by atoms with Gasteiger partial charge in [-0.15, -0.1) is 0 Å². The van der Waals surface area contributed by atoms with Crippen molar-refractivity contribution in [2.24, 2.45) is 0 Å². The maximum atomic E-state index is 6.34. The molecule has 1 fully saturated rings. The molecule has 20 heavy (non-hydrogen) atoms. The number of nitrogen functional groups attached to an aromatic ring is 1. The Morgan fingerprint density at radius 3 is 2.70 bits per heavy atom. The monoisotopic (exact) mass is 285 g/mol. The van der Waals surface area contributed by atoms with Gasteiger partial charge in [0.15, 0.2) is 0 Å². The fourth-order valence-corrected chi connectivity index (χ4v) is 2.59. The van der Waals surface area contributed by atoms with E-state index in [0.29, 0.717) is 22.5 Å². The van der Waals surface area contributed by atoms with E-state index in [1.165, 1.54) is 19.0 Å². The van der Waals surface area contributed by atoms with E-state index in [0.717, 1.165) is 22.3 Å². The summed E-state index contributed by atoms with van der Waals surface area (Å²) in [6.45, 7) is 0. The van der Waals surface area contributed by atoms with Crippen LogP contribution < -0.4 is 5.73 Å². The van der Waals surface area contributed by atoms with Crippen LogP contribution in [0.5, 0.6) is 0 Å². The van der Waals surface area contributed by atoms with Crippen LogP contribution in [0, 0.1) is 0 Å². The number of nitrogens with two attached hydrogens (primary N) is 1. The summed E-state index contributed by atoms with van der Waals surface area (Å²) in [6, 6.07) is 5.92.